The van der Waals surface area contributed by atoms with E-state index in [4.69, 9.17) is 9.47 Å². The van der Waals surface area contributed by atoms with E-state index in [2.05, 4.69) is 19.9 Å². The average molecular weight is 877 g/mol. The number of ether oxygens (including phenoxy) is 2. The number of alkyl halides is 3. The van der Waals surface area contributed by atoms with Gasteiger partial charge in [-0.2, -0.15) is 13.2 Å². The number of carbonyl (C=O) groups is 4. The SMILES string of the molecule is C[C@H]1CC/C=C\[C@@H]2C[C@@]2(C(=O)NS(=O)(=O)C2(C)CC2)NC(=O)[C@@H]2C[C@@H](Oc3nccc4c(N5CCOCC5)cccc34)CN2C(=O)[C@@H](N(C(=O)O)C(C)(C)C(F)(F)F)[C@H](C)C1. The predicted octanol–water partition coefficient (Wildman–Crippen LogP) is 4.99. The van der Waals surface area contributed by atoms with Crippen LogP contribution >= 0.6 is 0 Å². The van der Waals surface area contributed by atoms with E-state index < -0.39 is 85.9 Å². The molecule has 2 saturated carbocycles. The molecule has 4 heterocycles. The van der Waals surface area contributed by atoms with Crippen molar-refractivity contribution >= 4 is 50.3 Å². The van der Waals surface area contributed by atoms with E-state index in [1.807, 2.05) is 37.3 Å². The second-order valence-corrected chi connectivity index (χ2v) is 20.4. The highest BCUT2D eigenvalue weighted by Crippen LogP contribution is 2.48. The van der Waals surface area contributed by atoms with Gasteiger partial charge in [-0.05, 0) is 89.3 Å². The van der Waals surface area contributed by atoms with Crippen LogP contribution in [0.15, 0.2) is 42.6 Å². The summed E-state index contributed by atoms with van der Waals surface area (Å²) in [4.78, 5) is 64.6. The molecule has 334 valence electrons. The number of benzene rings is 1. The number of pyridine rings is 1. The first kappa shape index (κ1) is 44.4. The highest BCUT2D eigenvalue weighted by molar-refractivity contribution is 7.91. The summed E-state index contributed by atoms with van der Waals surface area (Å²) < 4.78 is 83.9. The van der Waals surface area contributed by atoms with Crippen LogP contribution in [0, 0.1) is 17.8 Å². The molecule has 4 amide bonds. The van der Waals surface area contributed by atoms with Gasteiger partial charge in [-0.15, -0.1) is 0 Å². The summed E-state index contributed by atoms with van der Waals surface area (Å²) in [6.45, 7) is 8.40. The Bertz CT molecular complexity index is 2190. The minimum atomic E-state index is -5.09. The number of fused-ring (bicyclic) bond motifs is 3. The third-order valence-electron chi connectivity index (χ3n) is 13.4. The zero-order chi connectivity index (χ0) is 44.3. The molecule has 2 aliphatic carbocycles. The van der Waals surface area contributed by atoms with Gasteiger partial charge >= 0.3 is 12.3 Å². The molecule has 0 bridgehead atoms. The van der Waals surface area contributed by atoms with Crippen LogP contribution in [0.2, 0.25) is 0 Å². The molecule has 7 rings (SSSR count). The van der Waals surface area contributed by atoms with Gasteiger partial charge in [0.2, 0.25) is 27.7 Å². The number of anilines is 1. The molecular weight excluding hydrogens is 822 g/mol. The summed E-state index contributed by atoms with van der Waals surface area (Å²) in [6.07, 6.45) is -1.19. The molecule has 19 heteroatoms. The number of rotatable bonds is 8. The quantitative estimate of drug-likeness (QED) is 0.303. The molecule has 0 spiro atoms. The van der Waals surface area contributed by atoms with E-state index in [0.717, 1.165) is 16.0 Å². The van der Waals surface area contributed by atoms with Crippen LogP contribution in [0.3, 0.4) is 0 Å². The number of carbonyl (C=O) groups excluding carboxylic acids is 3. The molecule has 61 heavy (non-hydrogen) atoms. The zero-order valence-corrected chi connectivity index (χ0v) is 35.9. The molecule has 0 radical (unpaired) electrons. The van der Waals surface area contributed by atoms with Crippen LogP contribution in [0.1, 0.15) is 79.6 Å². The third-order valence-corrected chi connectivity index (χ3v) is 15.5. The van der Waals surface area contributed by atoms with Gasteiger partial charge in [-0.3, -0.25) is 24.0 Å². The lowest BCUT2D eigenvalue weighted by atomic mass is 9.85. The van der Waals surface area contributed by atoms with Crippen molar-refractivity contribution in [3.8, 4) is 5.88 Å². The van der Waals surface area contributed by atoms with Gasteiger partial charge in [0.05, 0.1) is 24.5 Å². The Morgan fingerprint density at radius 1 is 1.08 bits per heavy atom. The Labute approximate surface area is 353 Å². The van der Waals surface area contributed by atoms with Gasteiger partial charge in [0.25, 0.3) is 5.91 Å². The van der Waals surface area contributed by atoms with E-state index in [1.54, 1.807) is 12.3 Å². The number of hydrogen-bond acceptors (Lipinski definition) is 10. The summed E-state index contributed by atoms with van der Waals surface area (Å²) in [5.74, 6) is -4.39. The second-order valence-electron chi connectivity index (χ2n) is 18.2. The van der Waals surface area contributed by atoms with Crippen molar-refractivity contribution in [3.63, 3.8) is 0 Å². The number of amides is 4. The predicted molar refractivity (Wildman–Crippen MR) is 218 cm³/mol. The standard InChI is InChI=1S/C42H55F3N6O9S/c1-25-9-6-7-10-27-23-41(27,37(54)48-61(57,58)40(5)14-15-40)47-34(52)32-22-28(60-35-30-11-8-12-31(29(30)13-16-46-35)49-17-19-59-20-18-49)24-50(32)36(53)33(26(2)21-25)51(38(55)56)39(3,4)42(43,44)45/h7-8,10-13,16,25-28,32-33H,6,9,14-15,17-24H2,1-5H3,(H,47,52)(H,48,54)(H,55,56)/b10-7-/t25-,26+,27+,28+,32-,33-,41+/m0/s1. The first-order valence-corrected chi connectivity index (χ1v) is 22.4. The van der Waals surface area contributed by atoms with E-state index in [-0.39, 0.29) is 42.5 Å². The van der Waals surface area contributed by atoms with Crippen LogP contribution < -0.4 is 19.7 Å². The van der Waals surface area contributed by atoms with Gasteiger partial charge in [0.15, 0.2) is 0 Å². The third kappa shape index (κ3) is 8.47. The zero-order valence-electron chi connectivity index (χ0n) is 35.0. The fraction of sp³-hybridized carbons (Fsp3) is 0.643. The molecular formula is C42H55F3N6O9S. The number of carboxylic acid groups (broad SMARTS) is 1. The number of morpholine rings is 1. The monoisotopic (exact) mass is 876 g/mol. The van der Waals surface area contributed by atoms with Crippen molar-refractivity contribution in [2.75, 3.05) is 37.7 Å². The Hall–Kier alpha value is -4.65. The highest BCUT2D eigenvalue weighted by Gasteiger charge is 2.64. The molecule has 7 atom stereocenters. The van der Waals surface area contributed by atoms with Gasteiger partial charge in [0.1, 0.15) is 29.3 Å². The summed E-state index contributed by atoms with van der Waals surface area (Å²) >= 11 is 0. The maximum absolute atomic E-state index is 15.1. The number of aromatic nitrogens is 1. The minimum Gasteiger partial charge on any atom is -0.472 e. The van der Waals surface area contributed by atoms with Crippen LogP contribution in [0.5, 0.6) is 5.88 Å². The first-order chi connectivity index (χ1) is 28.6. The number of nitrogens with one attached hydrogen (secondary N) is 2. The second kappa shape index (κ2) is 16.2. The normalized spacial score (nSPS) is 30.2. The largest absolute Gasteiger partial charge is 0.472 e. The minimum absolute atomic E-state index is 0.0566. The molecule has 4 fully saturated rings. The Kier molecular flexibility index (Phi) is 11.8. The average Bonchev–Trinajstić information content (AvgIpc) is 4.07. The van der Waals surface area contributed by atoms with Gasteiger partial charge < -0.3 is 29.7 Å². The maximum atomic E-state index is 15.1. The van der Waals surface area contributed by atoms with Crippen molar-refractivity contribution in [1.29, 1.82) is 0 Å². The molecule has 5 aliphatic rings. The van der Waals surface area contributed by atoms with Crippen molar-refractivity contribution < 1.29 is 55.3 Å². The number of sulfonamides is 1. The number of halogens is 3. The molecule has 3 aliphatic heterocycles. The lowest BCUT2D eigenvalue weighted by Crippen LogP contribution is -2.66. The van der Waals surface area contributed by atoms with Gasteiger partial charge in [0, 0.05) is 48.1 Å². The number of allylic oxidation sites excluding steroid dienone is 1. The lowest BCUT2D eigenvalue weighted by molar-refractivity contribution is -0.222. The van der Waals surface area contributed by atoms with Crippen molar-refractivity contribution in [2.45, 2.75) is 120 Å². The molecule has 1 aromatic carbocycles. The van der Waals surface area contributed by atoms with Crippen LogP contribution in [0.25, 0.3) is 10.8 Å². The lowest BCUT2D eigenvalue weighted by Gasteiger charge is -2.45. The van der Waals surface area contributed by atoms with E-state index >= 15 is 4.79 Å². The number of hydrogen-bond donors (Lipinski definition) is 3. The smallest absolute Gasteiger partial charge is 0.411 e. The summed E-state index contributed by atoms with van der Waals surface area (Å²) in [5.41, 5.74) is -3.83. The molecule has 2 saturated heterocycles. The van der Waals surface area contributed by atoms with Crippen molar-refractivity contribution in [3.05, 3.63) is 42.6 Å². The molecule has 0 unspecified atom stereocenters. The summed E-state index contributed by atoms with van der Waals surface area (Å²) in [5, 5.41) is 14.7. The Morgan fingerprint density at radius 3 is 2.44 bits per heavy atom. The topological polar surface area (TPSA) is 188 Å². The van der Waals surface area contributed by atoms with Crippen LogP contribution in [0.4, 0.5) is 23.7 Å². The van der Waals surface area contributed by atoms with Crippen molar-refractivity contribution in [2.24, 2.45) is 17.8 Å². The summed E-state index contributed by atoms with van der Waals surface area (Å²) in [6, 6.07) is 4.11. The van der Waals surface area contributed by atoms with E-state index in [0.29, 0.717) is 71.2 Å². The van der Waals surface area contributed by atoms with Crippen molar-refractivity contribution in [1.82, 2.24) is 24.8 Å². The number of nitrogens with zero attached hydrogens (tertiary/aromatic N) is 4. The summed E-state index contributed by atoms with van der Waals surface area (Å²) in [7, 11) is -4.12. The molecule has 15 nitrogen and oxygen atoms in total. The Morgan fingerprint density at radius 2 is 1.79 bits per heavy atom. The maximum Gasteiger partial charge on any atom is 0.411 e. The van der Waals surface area contributed by atoms with Gasteiger partial charge in [-0.1, -0.05) is 32.1 Å². The molecule has 2 aromatic rings. The highest BCUT2D eigenvalue weighted by atomic mass is 32.2. The van der Waals surface area contributed by atoms with E-state index in [9.17, 15) is 41.1 Å². The first-order valence-electron chi connectivity index (χ1n) is 20.9. The fourth-order valence-electron chi connectivity index (χ4n) is 9.08. The Balaban J connectivity index is 1.28. The molecule has 1 aromatic heterocycles. The van der Waals surface area contributed by atoms with Crippen LogP contribution in [-0.4, -0.2) is 125 Å². The van der Waals surface area contributed by atoms with Gasteiger partial charge in [-0.25, -0.2) is 18.2 Å². The molecule has 3 N–H and O–H groups in total. The fourth-order valence-corrected chi connectivity index (χ4v) is 10.4. The van der Waals surface area contributed by atoms with E-state index in [1.165, 1.54) is 13.8 Å². The van der Waals surface area contributed by atoms with Crippen LogP contribution in [-0.2, 0) is 29.1 Å².